The lowest BCUT2D eigenvalue weighted by molar-refractivity contribution is -0.349. The molecule has 0 radical (unpaired) electrons. The molecule has 2 aliphatic rings. The zero-order chi connectivity index (χ0) is 49.9. The van der Waals surface area contributed by atoms with E-state index in [4.69, 9.17) is 52.1 Å². The first-order valence-corrected chi connectivity index (χ1v) is 24.7. The van der Waals surface area contributed by atoms with Crippen molar-refractivity contribution in [2.24, 2.45) is 0 Å². The minimum Gasteiger partial charge on any atom is -0.497 e. The van der Waals surface area contributed by atoms with Crippen LogP contribution in [-0.4, -0.2) is 81.4 Å². The quantitative estimate of drug-likeness (QED) is 0.0543. The molecule has 0 amide bonds. The summed E-state index contributed by atoms with van der Waals surface area (Å²) < 4.78 is 73.4. The van der Waals surface area contributed by atoms with Gasteiger partial charge in [0, 0.05) is 0 Å². The molecule has 12 nitrogen and oxygen atoms in total. The minimum absolute atomic E-state index is 0.00462. The molecule has 2 fully saturated rings. The average molecular weight is 987 g/mol. The van der Waals surface area contributed by atoms with Crippen LogP contribution in [0.1, 0.15) is 33.4 Å². The van der Waals surface area contributed by atoms with Crippen LogP contribution in [0.25, 0.3) is 0 Å². The van der Waals surface area contributed by atoms with E-state index < -0.39 is 55.3 Å². The van der Waals surface area contributed by atoms with E-state index in [0.717, 1.165) is 33.4 Å². The topological polar surface area (TPSA) is 119 Å². The van der Waals surface area contributed by atoms with E-state index in [1.54, 1.807) is 7.11 Å². The Morgan fingerprint density at radius 3 is 1.19 bits per heavy atom. The summed E-state index contributed by atoms with van der Waals surface area (Å²) in [4.78, 5) is 15.3. The fourth-order valence-electron chi connectivity index (χ4n) is 8.74. The van der Waals surface area contributed by atoms with Gasteiger partial charge in [0.05, 0.1) is 60.0 Å². The molecule has 2 heterocycles. The lowest BCUT2D eigenvalue weighted by atomic mass is 9.96. The third-order valence-electron chi connectivity index (χ3n) is 12.6. The summed E-state index contributed by atoms with van der Waals surface area (Å²) in [6.45, 7) is 1.19. The smallest absolute Gasteiger partial charge is 0.229 e. The zero-order valence-electron chi connectivity index (χ0n) is 40.9. The summed E-state index contributed by atoms with van der Waals surface area (Å²) in [7, 11) is 1.61. The van der Waals surface area contributed by atoms with Gasteiger partial charge in [-0.15, -0.1) is 0 Å². The Morgan fingerprint density at radius 2 is 0.740 bits per heavy atom. The molecule has 9 rings (SSSR count). The van der Waals surface area contributed by atoms with Gasteiger partial charge in [-0.3, -0.25) is 4.79 Å². The lowest BCUT2D eigenvalue weighted by Gasteiger charge is -2.48. The molecule has 73 heavy (non-hydrogen) atoms. The Balaban J connectivity index is 1.09. The van der Waals surface area contributed by atoms with Crippen molar-refractivity contribution in [2.45, 2.75) is 94.9 Å². The predicted molar refractivity (Wildman–Crippen MR) is 273 cm³/mol. The second-order valence-electron chi connectivity index (χ2n) is 17.8. The van der Waals surface area contributed by atoms with E-state index in [1.807, 2.05) is 206 Å². The molecular formula is C61H62O12. The van der Waals surface area contributed by atoms with Gasteiger partial charge in [0.15, 0.2) is 18.2 Å². The molecule has 0 spiro atoms. The molecule has 0 aliphatic carbocycles. The number of hydrogen-bond donors (Lipinski definition) is 0. The maximum absolute atomic E-state index is 15.3. The van der Waals surface area contributed by atoms with Gasteiger partial charge in [0.2, 0.25) is 6.29 Å². The van der Waals surface area contributed by atoms with Crippen LogP contribution in [0.2, 0.25) is 0 Å². The molecule has 0 saturated carbocycles. The number of ketones is 1. The van der Waals surface area contributed by atoms with Crippen molar-refractivity contribution in [1.82, 2.24) is 0 Å². The highest BCUT2D eigenvalue weighted by Crippen LogP contribution is 2.36. The maximum Gasteiger partial charge on any atom is 0.229 e. The van der Waals surface area contributed by atoms with Crippen molar-refractivity contribution in [3.63, 3.8) is 0 Å². The number of carbonyl (C=O) groups excluding carboxylic acids is 1. The fraction of sp³-hybridized carbons (Fsp3) is 0.295. The van der Waals surface area contributed by atoms with Crippen LogP contribution in [0.5, 0.6) is 11.5 Å². The van der Waals surface area contributed by atoms with Gasteiger partial charge in [-0.2, -0.15) is 0 Å². The predicted octanol–water partition coefficient (Wildman–Crippen LogP) is 10.3. The largest absolute Gasteiger partial charge is 0.497 e. The zero-order valence-corrected chi connectivity index (χ0v) is 40.9. The Hall–Kier alpha value is -6.55. The van der Waals surface area contributed by atoms with E-state index in [-0.39, 0.29) is 58.6 Å². The van der Waals surface area contributed by atoms with Gasteiger partial charge < -0.3 is 52.1 Å². The SMILES string of the molecule is COc1ccc(O[C@@H]2O[C@H](COCc3ccccc3)[C@@H](O[C@@H]3O[C@H](COCc4ccccc4)[C@H](OCc4ccccc4)C(=O)[C@H]3OCc3ccccc3)[C@H](OCc3ccccc3)[C@H]2OCc2ccccc2)cc1. The van der Waals surface area contributed by atoms with Crippen molar-refractivity contribution in [2.75, 3.05) is 20.3 Å². The molecule has 9 atom stereocenters. The Morgan fingerprint density at radius 1 is 0.370 bits per heavy atom. The number of carbonyl (C=O) groups is 1. The number of benzene rings is 7. The summed E-state index contributed by atoms with van der Waals surface area (Å²) >= 11 is 0. The minimum atomic E-state index is -1.32. The van der Waals surface area contributed by atoms with Gasteiger partial charge in [0.25, 0.3) is 0 Å². The van der Waals surface area contributed by atoms with Crippen LogP contribution in [0.4, 0.5) is 0 Å². The monoisotopic (exact) mass is 986 g/mol. The second-order valence-corrected chi connectivity index (χ2v) is 17.8. The standard InChI is InChI=1S/C61H62O12/c1-63-50-32-34-51(35-33-50)70-61-59(69-41-49-30-18-7-19-31-49)58(68-40-48-28-16-6-17-29-48)56(53(72-61)43-65-37-45-22-10-3-11-23-45)73-60-57(67-39-47-26-14-5-15-27-47)54(62)55(66-38-46-24-12-4-13-25-46)52(71-60)42-64-36-44-20-8-2-9-21-44/h2-35,52-53,55-61H,36-43H2,1H3/t52-,53-,55+,56-,57-,58+,59-,60+,61-/m1/s1. The van der Waals surface area contributed by atoms with Crippen molar-refractivity contribution < 1.29 is 56.9 Å². The first-order chi connectivity index (χ1) is 36.1. The van der Waals surface area contributed by atoms with Crippen LogP contribution in [0, 0.1) is 0 Å². The molecular weight excluding hydrogens is 925 g/mol. The van der Waals surface area contributed by atoms with Crippen LogP contribution in [0.15, 0.2) is 206 Å². The molecule has 7 aromatic rings. The summed E-state index contributed by atoms with van der Waals surface area (Å²) in [6, 6.07) is 66.0. The van der Waals surface area contributed by atoms with Crippen LogP contribution in [0.3, 0.4) is 0 Å². The third kappa shape index (κ3) is 14.8. The van der Waals surface area contributed by atoms with Gasteiger partial charge in [-0.25, -0.2) is 0 Å². The van der Waals surface area contributed by atoms with Crippen molar-refractivity contribution >= 4 is 5.78 Å². The number of rotatable bonds is 25. The second kappa shape index (κ2) is 26.9. The molecule has 2 saturated heterocycles. The Labute approximate surface area is 427 Å². The average Bonchev–Trinajstić information content (AvgIpc) is 3.44. The highest BCUT2D eigenvalue weighted by Gasteiger charge is 2.54. The van der Waals surface area contributed by atoms with Crippen LogP contribution in [-0.2, 0) is 87.1 Å². The fourth-order valence-corrected chi connectivity index (χ4v) is 8.74. The van der Waals surface area contributed by atoms with E-state index in [1.165, 1.54) is 0 Å². The van der Waals surface area contributed by atoms with Gasteiger partial charge in [0.1, 0.15) is 48.1 Å². The van der Waals surface area contributed by atoms with Gasteiger partial charge >= 0.3 is 0 Å². The normalized spacial score (nSPS) is 22.9. The van der Waals surface area contributed by atoms with Crippen molar-refractivity contribution in [3.05, 3.63) is 240 Å². The lowest BCUT2D eigenvalue weighted by Crippen LogP contribution is -2.66. The molecule has 0 N–H and O–H groups in total. The highest BCUT2D eigenvalue weighted by atomic mass is 16.8. The molecule has 7 aromatic carbocycles. The van der Waals surface area contributed by atoms with Gasteiger partial charge in [-0.1, -0.05) is 182 Å². The van der Waals surface area contributed by atoms with Crippen LogP contribution >= 0.6 is 0 Å². The van der Waals surface area contributed by atoms with Crippen molar-refractivity contribution in [1.29, 1.82) is 0 Å². The number of methoxy groups -OCH3 is 1. The summed E-state index contributed by atoms with van der Waals surface area (Å²) in [5.41, 5.74) is 5.53. The van der Waals surface area contributed by atoms with Crippen molar-refractivity contribution in [3.8, 4) is 11.5 Å². The molecule has 0 aromatic heterocycles. The molecule has 2 aliphatic heterocycles. The highest BCUT2D eigenvalue weighted by molar-refractivity contribution is 5.89. The summed E-state index contributed by atoms with van der Waals surface area (Å²) in [5.74, 6) is 0.824. The first-order valence-electron chi connectivity index (χ1n) is 24.7. The summed E-state index contributed by atoms with van der Waals surface area (Å²) in [6.07, 6.45) is -9.36. The van der Waals surface area contributed by atoms with Gasteiger partial charge in [-0.05, 0) is 57.6 Å². The number of hydrogen-bond acceptors (Lipinski definition) is 12. The van der Waals surface area contributed by atoms with E-state index in [2.05, 4.69) is 0 Å². The van der Waals surface area contributed by atoms with E-state index in [0.29, 0.717) is 11.5 Å². The third-order valence-corrected chi connectivity index (χ3v) is 12.6. The molecule has 0 bridgehead atoms. The molecule has 12 heteroatoms. The Bertz CT molecular complexity index is 2650. The van der Waals surface area contributed by atoms with E-state index >= 15 is 4.79 Å². The van der Waals surface area contributed by atoms with Crippen LogP contribution < -0.4 is 9.47 Å². The maximum atomic E-state index is 15.3. The summed E-state index contributed by atoms with van der Waals surface area (Å²) in [5, 5.41) is 0. The number of ether oxygens (including phenoxy) is 11. The molecule has 378 valence electrons. The number of Topliss-reactive ketones (excluding diaryl/α,β-unsaturated/α-hetero) is 1. The first kappa shape index (κ1) is 51.4. The molecule has 0 unspecified atom stereocenters. The van der Waals surface area contributed by atoms with E-state index in [9.17, 15) is 0 Å². The Kier molecular flexibility index (Phi) is 19.0.